The van der Waals surface area contributed by atoms with Crippen LogP contribution in [0.4, 0.5) is 0 Å². The number of nitrogens with zero attached hydrogens (tertiary/aromatic N) is 1. The number of amides is 1. The Morgan fingerprint density at radius 3 is 2.85 bits per heavy atom. The molecule has 1 amide bonds. The standard InChI is InChI=1S/C21H20N2O3/c22-13-19(21(25)23-14-17-8-4-12-26-17)20(24)11-10-16-7-3-6-15-5-1-2-9-18(15)16/h1-3,5-7,9-11,17,19H,4,8,12,14H2,(H,23,25)/b11-10+/t17-,19-/m1/s1. The second kappa shape index (κ2) is 8.41. The van der Waals surface area contributed by atoms with E-state index < -0.39 is 17.6 Å². The first-order chi connectivity index (χ1) is 12.7. The van der Waals surface area contributed by atoms with Gasteiger partial charge in [0.05, 0.1) is 12.2 Å². The number of hydrogen-bond acceptors (Lipinski definition) is 4. The van der Waals surface area contributed by atoms with E-state index in [0.717, 1.165) is 29.2 Å². The first-order valence-electron chi connectivity index (χ1n) is 8.67. The molecule has 1 N–H and O–H groups in total. The fourth-order valence-corrected chi connectivity index (χ4v) is 3.04. The van der Waals surface area contributed by atoms with E-state index in [1.807, 2.05) is 42.5 Å². The number of nitrogens with one attached hydrogen (secondary N) is 1. The maximum atomic E-state index is 12.3. The zero-order valence-corrected chi connectivity index (χ0v) is 14.4. The van der Waals surface area contributed by atoms with Crippen LogP contribution < -0.4 is 5.32 Å². The highest BCUT2D eigenvalue weighted by atomic mass is 16.5. The van der Waals surface area contributed by atoms with Crippen molar-refractivity contribution in [3.63, 3.8) is 0 Å². The van der Waals surface area contributed by atoms with Gasteiger partial charge in [0, 0.05) is 13.2 Å². The molecule has 0 aliphatic carbocycles. The molecule has 1 aliphatic heterocycles. The van der Waals surface area contributed by atoms with E-state index in [2.05, 4.69) is 5.32 Å². The summed E-state index contributed by atoms with van der Waals surface area (Å²) >= 11 is 0. The molecule has 5 heteroatoms. The molecule has 2 atom stereocenters. The molecule has 132 valence electrons. The zero-order valence-electron chi connectivity index (χ0n) is 14.4. The molecule has 1 saturated heterocycles. The van der Waals surface area contributed by atoms with Gasteiger partial charge in [-0.2, -0.15) is 5.26 Å². The summed E-state index contributed by atoms with van der Waals surface area (Å²) in [5.41, 5.74) is 0.868. The molecule has 0 aromatic heterocycles. The minimum atomic E-state index is -1.34. The van der Waals surface area contributed by atoms with Crippen molar-refractivity contribution in [3.8, 4) is 6.07 Å². The van der Waals surface area contributed by atoms with Gasteiger partial charge in [0.25, 0.3) is 0 Å². The van der Waals surface area contributed by atoms with Crippen LogP contribution in [0.3, 0.4) is 0 Å². The molecule has 0 radical (unpaired) electrons. The normalized spacial score (nSPS) is 17.9. The van der Waals surface area contributed by atoms with Crippen LogP contribution >= 0.6 is 0 Å². The molecule has 5 nitrogen and oxygen atoms in total. The third-order valence-electron chi connectivity index (χ3n) is 4.45. The van der Waals surface area contributed by atoms with Crippen LogP contribution in [-0.4, -0.2) is 30.9 Å². The van der Waals surface area contributed by atoms with Gasteiger partial charge >= 0.3 is 0 Å². The Bertz CT molecular complexity index is 871. The van der Waals surface area contributed by atoms with E-state index in [-0.39, 0.29) is 6.10 Å². The first-order valence-corrected chi connectivity index (χ1v) is 8.67. The van der Waals surface area contributed by atoms with Gasteiger partial charge in [0.15, 0.2) is 11.7 Å². The van der Waals surface area contributed by atoms with Crippen molar-refractivity contribution in [1.29, 1.82) is 5.26 Å². The van der Waals surface area contributed by atoms with E-state index in [1.54, 1.807) is 12.1 Å². The maximum Gasteiger partial charge on any atom is 0.245 e. The Labute approximate surface area is 152 Å². The quantitative estimate of drug-likeness (QED) is 0.643. The van der Waals surface area contributed by atoms with Crippen molar-refractivity contribution in [2.75, 3.05) is 13.2 Å². The van der Waals surface area contributed by atoms with Crippen molar-refractivity contribution in [2.24, 2.45) is 5.92 Å². The number of ketones is 1. The number of fused-ring (bicyclic) bond motifs is 1. The summed E-state index contributed by atoms with van der Waals surface area (Å²) in [4.78, 5) is 24.5. The lowest BCUT2D eigenvalue weighted by molar-refractivity contribution is -0.129. The highest BCUT2D eigenvalue weighted by Gasteiger charge is 2.25. The minimum absolute atomic E-state index is 0.0281. The smallest absolute Gasteiger partial charge is 0.245 e. The average Bonchev–Trinajstić information content (AvgIpc) is 3.19. The third-order valence-corrected chi connectivity index (χ3v) is 4.45. The van der Waals surface area contributed by atoms with Gasteiger partial charge in [-0.15, -0.1) is 0 Å². The summed E-state index contributed by atoms with van der Waals surface area (Å²) in [6, 6.07) is 15.4. The van der Waals surface area contributed by atoms with Gasteiger partial charge in [-0.25, -0.2) is 0 Å². The summed E-state index contributed by atoms with van der Waals surface area (Å²) in [6.45, 7) is 1.02. The largest absolute Gasteiger partial charge is 0.376 e. The Balaban J connectivity index is 1.67. The minimum Gasteiger partial charge on any atom is -0.376 e. The fraction of sp³-hybridized carbons (Fsp3) is 0.286. The Kier molecular flexibility index (Phi) is 5.77. The van der Waals surface area contributed by atoms with E-state index in [9.17, 15) is 14.9 Å². The molecule has 2 aromatic carbocycles. The second-order valence-electron chi connectivity index (χ2n) is 6.25. The molecule has 1 aliphatic rings. The highest BCUT2D eigenvalue weighted by molar-refractivity contribution is 6.11. The lowest BCUT2D eigenvalue weighted by Gasteiger charge is -2.12. The molecular weight excluding hydrogens is 328 g/mol. The van der Waals surface area contributed by atoms with E-state index in [4.69, 9.17) is 4.74 Å². The van der Waals surface area contributed by atoms with E-state index >= 15 is 0 Å². The van der Waals surface area contributed by atoms with Gasteiger partial charge in [-0.05, 0) is 35.3 Å². The summed E-state index contributed by atoms with van der Waals surface area (Å²) in [5, 5.41) is 13.9. The summed E-state index contributed by atoms with van der Waals surface area (Å²) in [6.07, 6.45) is 4.78. The first kappa shape index (κ1) is 17.8. The Hall–Kier alpha value is -2.97. The zero-order chi connectivity index (χ0) is 18.4. The number of hydrogen-bond donors (Lipinski definition) is 1. The number of nitriles is 1. The lowest BCUT2D eigenvalue weighted by Crippen LogP contribution is -2.38. The van der Waals surface area contributed by atoms with Crippen molar-refractivity contribution in [1.82, 2.24) is 5.32 Å². The van der Waals surface area contributed by atoms with Crippen LogP contribution in [0.1, 0.15) is 18.4 Å². The van der Waals surface area contributed by atoms with Gasteiger partial charge in [0.1, 0.15) is 0 Å². The predicted octanol–water partition coefficient (Wildman–Crippen LogP) is 2.86. The molecule has 0 unspecified atom stereocenters. The monoisotopic (exact) mass is 348 g/mol. The number of benzene rings is 2. The maximum absolute atomic E-state index is 12.3. The summed E-state index contributed by atoms with van der Waals surface area (Å²) in [7, 11) is 0. The van der Waals surface area contributed by atoms with Crippen LogP contribution in [0.5, 0.6) is 0 Å². The summed E-state index contributed by atoms with van der Waals surface area (Å²) < 4.78 is 5.43. The number of carbonyl (C=O) groups excluding carboxylic acids is 2. The predicted molar refractivity (Wildman–Crippen MR) is 99.1 cm³/mol. The molecule has 0 spiro atoms. The molecule has 2 aromatic rings. The van der Waals surface area contributed by atoms with Crippen LogP contribution in [0.25, 0.3) is 16.8 Å². The fourth-order valence-electron chi connectivity index (χ4n) is 3.04. The highest BCUT2D eigenvalue weighted by Crippen LogP contribution is 2.20. The number of rotatable bonds is 6. The molecule has 26 heavy (non-hydrogen) atoms. The molecule has 0 bridgehead atoms. The van der Waals surface area contributed by atoms with E-state index in [1.165, 1.54) is 6.08 Å². The molecular formula is C21H20N2O3. The van der Waals surface area contributed by atoms with Crippen LogP contribution in [0.2, 0.25) is 0 Å². The van der Waals surface area contributed by atoms with Crippen LogP contribution in [0.15, 0.2) is 48.5 Å². The Morgan fingerprint density at radius 2 is 2.08 bits per heavy atom. The van der Waals surface area contributed by atoms with Crippen molar-refractivity contribution < 1.29 is 14.3 Å². The lowest BCUT2D eigenvalue weighted by atomic mass is 10.0. The topological polar surface area (TPSA) is 79.2 Å². The van der Waals surface area contributed by atoms with E-state index in [0.29, 0.717) is 13.2 Å². The van der Waals surface area contributed by atoms with Crippen LogP contribution in [-0.2, 0) is 14.3 Å². The molecule has 1 heterocycles. The van der Waals surface area contributed by atoms with Crippen molar-refractivity contribution in [2.45, 2.75) is 18.9 Å². The summed E-state index contributed by atoms with van der Waals surface area (Å²) in [5.74, 6) is -2.44. The number of carbonyl (C=O) groups is 2. The molecule has 1 fully saturated rings. The third kappa shape index (κ3) is 4.16. The van der Waals surface area contributed by atoms with Gasteiger partial charge < -0.3 is 10.1 Å². The average molecular weight is 348 g/mol. The number of allylic oxidation sites excluding steroid dienone is 1. The second-order valence-corrected chi connectivity index (χ2v) is 6.25. The Morgan fingerprint density at radius 1 is 1.27 bits per heavy atom. The van der Waals surface area contributed by atoms with Gasteiger partial charge in [-0.1, -0.05) is 48.5 Å². The van der Waals surface area contributed by atoms with Crippen molar-refractivity contribution in [3.05, 3.63) is 54.1 Å². The van der Waals surface area contributed by atoms with Gasteiger partial charge in [0.2, 0.25) is 5.91 Å². The van der Waals surface area contributed by atoms with Crippen molar-refractivity contribution >= 4 is 28.5 Å². The molecule has 0 saturated carbocycles. The SMILES string of the molecule is N#C[C@H](C(=O)/C=C/c1cccc2ccccc12)C(=O)NC[C@H]1CCCO1. The van der Waals surface area contributed by atoms with Crippen LogP contribution in [0, 0.1) is 17.2 Å². The number of ether oxygens (including phenoxy) is 1. The van der Waals surface area contributed by atoms with Gasteiger partial charge in [-0.3, -0.25) is 9.59 Å². The molecule has 3 rings (SSSR count).